The molecule has 0 aromatic carbocycles. The summed E-state index contributed by atoms with van der Waals surface area (Å²) in [5, 5.41) is 7.67. The Bertz CT molecular complexity index is 4530. The van der Waals surface area contributed by atoms with Crippen molar-refractivity contribution in [2.75, 3.05) is 19.8 Å². The van der Waals surface area contributed by atoms with E-state index in [1.54, 1.807) is 0 Å². The number of hydrogen-bond donors (Lipinski definition) is 0. The molecular weight excluding hydrogens is 1910 g/mol. The summed E-state index contributed by atoms with van der Waals surface area (Å²) in [6, 6.07) is 0. The molecule has 3 saturated heterocycles. The molecule has 117 heavy (non-hydrogen) atoms. The van der Waals surface area contributed by atoms with Crippen molar-refractivity contribution in [1.29, 1.82) is 0 Å². The molecule has 0 N–H and O–H groups in total. The number of nitrogens with zero attached hydrogens (tertiary/aromatic N) is 3. The first-order valence-electron chi connectivity index (χ1n) is 31.7. The van der Waals surface area contributed by atoms with E-state index >= 15 is 0 Å². The summed E-state index contributed by atoms with van der Waals surface area (Å²) in [6.45, 7) is 4.58. The van der Waals surface area contributed by atoms with Crippen molar-refractivity contribution in [3.8, 4) is 0 Å². The number of ether oxygens (including phenoxy) is 6. The van der Waals surface area contributed by atoms with E-state index < -0.39 is 229 Å². The van der Waals surface area contributed by atoms with E-state index in [2.05, 4.69) is 86.8 Å². The van der Waals surface area contributed by atoms with Crippen LogP contribution in [0.2, 0.25) is 0 Å². The van der Waals surface area contributed by atoms with Gasteiger partial charge in [0, 0.05) is 0 Å². The number of fused-ring (bicyclic) bond motifs is 5. The largest absolute Gasteiger partial charge is 1.00 e. The summed E-state index contributed by atoms with van der Waals surface area (Å²) in [4.78, 5) is 0. The Morgan fingerprint density at radius 3 is 1.21 bits per heavy atom. The van der Waals surface area contributed by atoms with E-state index in [9.17, 15) is 130 Å². The maximum absolute atomic E-state index is 12.8. The Balaban J connectivity index is -0.0000130. The predicted octanol–water partition coefficient (Wildman–Crippen LogP) is -34.2. The molecule has 1 unspecified atom stereocenters. The molecule has 0 bridgehead atoms. The van der Waals surface area contributed by atoms with Crippen LogP contribution in [-0.2, 0) is 181 Å². The molecular formula is C48H71N3Na10O46S10. The molecule has 0 spiro atoms. The van der Waals surface area contributed by atoms with Gasteiger partial charge in [0.2, 0.25) is 104 Å². The average Bonchev–Trinajstić information content (AvgIpc) is 1.65. The Morgan fingerprint density at radius 2 is 0.795 bits per heavy atom. The van der Waals surface area contributed by atoms with Gasteiger partial charge in [0.1, 0.15) is 60.6 Å². The third-order valence-electron chi connectivity index (χ3n) is 20.2. The van der Waals surface area contributed by atoms with Gasteiger partial charge in [-0.05, 0) is 110 Å². The van der Waals surface area contributed by atoms with Crippen LogP contribution >= 0.6 is 0 Å². The van der Waals surface area contributed by atoms with Crippen LogP contribution in [0.4, 0.5) is 0 Å². The van der Waals surface area contributed by atoms with Gasteiger partial charge in [0.25, 0.3) is 0 Å². The van der Waals surface area contributed by atoms with E-state index in [0.717, 1.165) is 44.7 Å². The van der Waals surface area contributed by atoms with Gasteiger partial charge in [-0.2, -0.15) is 0 Å². The smallest absolute Gasteiger partial charge is 0.726 e. The van der Waals surface area contributed by atoms with Crippen molar-refractivity contribution in [1.82, 2.24) is 15.0 Å². The molecule has 69 heteroatoms. The van der Waals surface area contributed by atoms with E-state index in [0.29, 0.717) is 53.0 Å². The van der Waals surface area contributed by atoms with Crippen LogP contribution in [0.25, 0.3) is 0 Å². The summed E-state index contributed by atoms with van der Waals surface area (Å²) in [5.41, 5.74) is -0.0491. The molecule has 624 valence electrons. The molecule has 3 aliphatic heterocycles. The van der Waals surface area contributed by atoms with Gasteiger partial charge in [0.05, 0.1) is 38.7 Å². The van der Waals surface area contributed by atoms with Crippen LogP contribution in [0, 0.1) is 52.3 Å². The zero-order valence-electron chi connectivity index (χ0n) is 65.9. The molecule has 0 radical (unpaired) electrons. The standard InChI is InChI=1S/C48H81N3O46S10.10Na/c1-23(2)7-6-8-24(3)29-11-12-30-28-10-9-25-17-27(13-15-47(25,4)31(28)14-16-48(29,30)5)82-19-26-18-51(50-49-26)44-41(95-105(73,74)75)38(92-102(64,65)66)35(32(86-44)20-83-98(52,53)54)89-45-42(96-106(76,77)78)39(93-103(67,68)69)36(33(87-45)21-84-99(55,56)57)90-46-43(97-107(79,80)81)40(94-104(70,71)72)37(91-101(61,62)63)34(88-46)22-85-100(58,59)60;;;;;;;;;;/h18,23-25,27-46H,6-17,19-22H2,1-5H3,(H,52,53,54)(H,55,56,57)(H,58,59,60)(H,61,62,63)(H,64,65,66)(H,67,68,69)(H,70,71,72)(H,73,74,75)(H,76,77,78)(H,79,80,81);;;;;;;;;;/q;10*+1/p-10/t24-,25?,27+,28+,29-,30+,31+,32-,33-,34-,35-,36-,37-,38+,39+,40+,41-,42-,43-,44-,45-,46-,47+,48-;;;;;;;;;;/m1........../s1. The van der Waals surface area contributed by atoms with Crippen LogP contribution in [0.15, 0.2) is 6.20 Å². The maximum Gasteiger partial charge on any atom is 1.00 e. The van der Waals surface area contributed by atoms with Crippen molar-refractivity contribution in [3.05, 3.63) is 11.9 Å². The monoisotopic (exact) mass is 1970 g/mol. The Labute approximate surface area is 899 Å². The minimum Gasteiger partial charge on any atom is -0.726 e. The minimum atomic E-state index is -6.90. The molecule has 4 saturated carbocycles. The summed E-state index contributed by atoms with van der Waals surface area (Å²) in [7, 11) is -65.7. The van der Waals surface area contributed by atoms with Crippen molar-refractivity contribution >= 4 is 104 Å². The second-order valence-corrected chi connectivity index (χ2v) is 37.5. The minimum absolute atomic E-state index is 0. The predicted molar refractivity (Wildman–Crippen MR) is 322 cm³/mol. The fourth-order valence-electron chi connectivity index (χ4n) is 16.4. The third-order valence-corrected chi connectivity index (χ3v) is 24.7. The molecule has 1 aromatic heterocycles. The fraction of sp³-hybridized carbons (Fsp3) is 0.958. The Hall–Kier alpha value is 7.60. The van der Waals surface area contributed by atoms with E-state index in [4.69, 9.17) is 28.4 Å². The van der Waals surface area contributed by atoms with Gasteiger partial charge in [0.15, 0.2) is 37.1 Å². The van der Waals surface area contributed by atoms with Gasteiger partial charge in [-0.3, -0.25) is 41.8 Å². The van der Waals surface area contributed by atoms with Crippen molar-refractivity contribution in [2.45, 2.75) is 216 Å². The first-order chi connectivity index (χ1) is 48.7. The molecule has 1 aromatic rings. The van der Waals surface area contributed by atoms with Crippen LogP contribution in [0.5, 0.6) is 0 Å². The first kappa shape index (κ1) is 129. The second kappa shape index (κ2) is 51.7. The third kappa shape index (κ3) is 39.7. The molecule has 4 aliphatic carbocycles. The summed E-state index contributed by atoms with van der Waals surface area (Å²) in [5.74, 6) is 3.59. The van der Waals surface area contributed by atoms with Crippen LogP contribution in [0.3, 0.4) is 0 Å². The van der Waals surface area contributed by atoms with Gasteiger partial charge in [-0.1, -0.05) is 59.1 Å². The molecule has 4 heterocycles. The maximum atomic E-state index is 12.8. The molecule has 49 nitrogen and oxygen atoms in total. The molecule has 8 rings (SSSR count). The van der Waals surface area contributed by atoms with Crippen LogP contribution in [0.1, 0.15) is 124 Å². The average molecular weight is 1980 g/mol. The first-order valence-corrected chi connectivity index (χ1v) is 45.1. The van der Waals surface area contributed by atoms with Crippen molar-refractivity contribution < 1.29 is 496 Å². The van der Waals surface area contributed by atoms with Gasteiger partial charge < -0.3 is 73.9 Å². The molecule has 7 fully saturated rings. The van der Waals surface area contributed by atoms with Crippen molar-refractivity contribution in [2.24, 2.45) is 52.3 Å². The topological polar surface area (TPSA) is 750 Å². The summed E-state index contributed by atoms with van der Waals surface area (Å²) in [6.07, 6.45) is -40.0. The zero-order valence-corrected chi connectivity index (χ0v) is 94.0. The van der Waals surface area contributed by atoms with Gasteiger partial charge in [-0.15, -0.1) is 5.10 Å². The Morgan fingerprint density at radius 1 is 0.427 bits per heavy atom. The normalized spacial score (nSPS) is 33.2. The van der Waals surface area contributed by atoms with E-state index in [-0.39, 0.29) is 318 Å². The van der Waals surface area contributed by atoms with Crippen LogP contribution < -0.4 is 296 Å². The Kier molecular flexibility index (Phi) is 56.9. The fourth-order valence-corrected chi connectivity index (χ4v) is 20.7. The number of rotatable bonds is 36. The van der Waals surface area contributed by atoms with E-state index in [1.807, 2.05) is 0 Å². The second-order valence-electron chi connectivity index (χ2n) is 27.3. The van der Waals surface area contributed by atoms with Crippen molar-refractivity contribution in [3.63, 3.8) is 0 Å². The molecule has 0 amide bonds. The van der Waals surface area contributed by atoms with E-state index in [1.165, 1.54) is 25.7 Å². The zero-order chi connectivity index (χ0) is 80.2. The number of aromatic nitrogens is 3. The van der Waals surface area contributed by atoms with Gasteiger partial charge >= 0.3 is 296 Å². The number of hydrogen-bond acceptors (Lipinski definition) is 48. The molecule has 24 atom stereocenters. The summed E-state index contributed by atoms with van der Waals surface area (Å²) < 4.78 is 444. The van der Waals surface area contributed by atoms with Crippen LogP contribution in [-0.4, -0.2) is 256 Å². The summed E-state index contributed by atoms with van der Waals surface area (Å²) >= 11 is 0. The van der Waals surface area contributed by atoms with Gasteiger partial charge in [-0.25, -0.2) is 88.9 Å². The quantitative estimate of drug-likeness (QED) is 0.0342. The SMILES string of the molecule is CC(C)CCC[C@@H](C)[C@H]1CC[C@H]2[C@@H]3CCC4C[C@@H](OCc5cn([C@@H]6O[C@H](COS(=O)(=O)[O-])[C@@H](O[C@H]7O[C@H](COS(=O)(=O)[O-])[C@@H](O[C@H]8O[C@H](COS(=O)(=O)[O-])[C@@H](OS(=O)(=O)[O-])[C@H](OS(=O)(=O)[O-])[C@H]8OS(=O)(=O)[O-])[C@H](OS(=O)(=O)[O-])[C@H]7OS(=O)(=O)[O-])[C@H](OS(=O)(=O)[O-])[C@H]6OS(=O)(=O)[O-])nn5)CC[C@]4(C)[C@H]3CC[C@]12C.[Na+].[Na+].[Na+].[Na+].[Na+].[Na+].[Na+].[Na+].[Na+].[Na+]. The molecule has 7 aliphatic rings.